The monoisotopic (exact) mass is 529 g/mol. The Balaban J connectivity index is 1.31. The summed E-state index contributed by atoms with van der Waals surface area (Å²) in [4.78, 5) is 20.3. The molecule has 5 rings (SSSR count). The third-order valence-corrected chi connectivity index (χ3v) is 8.24. The van der Waals surface area contributed by atoms with E-state index in [4.69, 9.17) is 4.74 Å². The molecule has 5 nitrogen and oxygen atoms in total. The molecule has 2 saturated heterocycles. The lowest BCUT2D eigenvalue weighted by Gasteiger charge is -2.38. The van der Waals surface area contributed by atoms with Crippen molar-refractivity contribution in [3.63, 3.8) is 0 Å². The number of amides is 1. The molecule has 2 atom stereocenters. The summed E-state index contributed by atoms with van der Waals surface area (Å²) in [6.45, 7) is 5.10. The van der Waals surface area contributed by atoms with E-state index in [1.807, 2.05) is 34.5 Å². The molecule has 2 aromatic carbocycles. The van der Waals surface area contributed by atoms with E-state index >= 15 is 0 Å². The Morgan fingerprint density at radius 1 is 1.00 bits per heavy atom. The smallest absolute Gasteiger partial charge is 0.416 e. The topological polar surface area (TPSA) is 36.0 Å². The van der Waals surface area contributed by atoms with E-state index in [0.717, 1.165) is 50.2 Å². The minimum absolute atomic E-state index is 0.0441. The number of benzene rings is 2. The summed E-state index contributed by atoms with van der Waals surface area (Å²) in [6, 6.07) is 17.3. The van der Waals surface area contributed by atoms with Gasteiger partial charge in [-0.2, -0.15) is 13.2 Å². The second-order valence-corrected chi connectivity index (χ2v) is 10.6. The number of likely N-dealkylation sites (tertiary alicyclic amines) is 1. The lowest BCUT2D eigenvalue weighted by atomic mass is 9.87. The van der Waals surface area contributed by atoms with E-state index < -0.39 is 11.7 Å². The fraction of sp³-hybridized carbons (Fsp3) is 0.393. The van der Waals surface area contributed by atoms with Gasteiger partial charge in [0, 0.05) is 63.5 Å². The zero-order chi connectivity index (χ0) is 26.0. The summed E-state index contributed by atoms with van der Waals surface area (Å²) < 4.78 is 45.7. The Labute approximate surface area is 219 Å². The van der Waals surface area contributed by atoms with Gasteiger partial charge in [-0.3, -0.25) is 9.69 Å². The lowest BCUT2D eigenvalue weighted by molar-refractivity contribution is -0.137. The van der Waals surface area contributed by atoms with Gasteiger partial charge in [0.2, 0.25) is 0 Å². The first-order chi connectivity index (χ1) is 17.8. The van der Waals surface area contributed by atoms with E-state index in [1.165, 1.54) is 23.5 Å². The number of piperazine rings is 1. The fourth-order valence-corrected chi connectivity index (χ4v) is 6.12. The first-order valence-electron chi connectivity index (χ1n) is 12.4. The molecule has 2 fully saturated rings. The fourth-order valence-electron chi connectivity index (χ4n) is 5.43. The van der Waals surface area contributed by atoms with E-state index in [2.05, 4.69) is 15.9 Å². The molecule has 0 radical (unpaired) electrons. The van der Waals surface area contributed by atoms with Crippen LogP contribution >= 0.6 is 11.3 Å². The maximum Gasteiger partial charge on any atom is 0.416 e. The molecule has 0 N–H and O–H groups in total. The van der Waals surface area contributed by atoms with Gasteiger partial charge in [0.25, 0.3) is 5.91 Å². The van der Waals surface area contributed by atoms with Crippen LogP contribution in [0.4, 0.5) is 18.9 Å². The van der Waals surface area contributed by atoms with Crippen LogP contribution in [0.2, 0.25) is 0 Å². The minimum atomic E-state index is -4.40. The van der Waals surface area contributed by atoms with Crippen molar-refractivity contribution in [1.82, 2.24) is 9.80 Å². The molecule has 0 saturated carbocycles. The molecule has 3 aromatic rings. The van der Waals surface area contributed by atoms with E-state index in [1.54, 1.807) is 19.2 Å². The van der Waals surface area contributed by atoms with Crippen LogP contribution in [0.15, 0.2) is 66.0 Å². The molecule has 2 aliphatic heterocycles. The van der Waals surface area contributed by atoms with Crippen molar-refractivity contribution in [2.75, 3.05) is 57.8 Å². The number of ether oxygens (including phenoxy) is 1. The second kappa shape index (κ2) is 10.8. The number of hydrogen-bond donors (Lipinski definition) is 0. The number of hydrogen-bond acceptors (Lipinski definition) is 5. The highest BCUT2D eigenvalue weighted by Crippen LogP contribution is 2.38. The average molecular weight is 530 g/mol. The van der Waals surface area contributed by atoms with Gasteiger partial charge in [-0.05, 0) is 41.1 Å². The van der Waals surface area contributed by atoms with Crippen LogP contribution < -0.4 is 9.64 Å². The van der Waals surface area contributed by atoms with E-state index in [0.29, 0.717) is 23.5 Å². The molecule has 1 aromatic heterocycles. The number of halogens is 3. The number of nitrogens with zero attached hydrogens (tertiary/aromatic N) is 3. The molecule has 2 unspecified atom stereocenters. The Morgan fingerprint density at radius 3 is 2.49 bits per heavy atom. The minimum Gasteiger partial charge on any atom is -0.497 e. The van der Waals surface area contributed by atoms with Gasteiger partial charge in [0.1, 0.15) is 5.75 Å². The standard InChI is InChI=1S/C28H30F3N3O2S/c1-36-24-8-3-7-23(16-24)33-12-10-32(11-13-33)17-21-18-34(27(35)26-9-4-14-37-26)19-25(21)20-5-2-6-22(15-20)28(29,30)31/h2-9,14-16,21,25H,10-13,17-19H2,1H3. The third kappa shape index (κ3) is 5.78. The first kappa shape index (κ1) is 25.6. The zero-order valence-corrected chi connectivity index (χ0v) is 21.5. The Kier molecular flexibility index (Phi) is 7.44. The molecular formula is C28H30F3N3O2S. The van der Waals surface area contributed by atoms with Crippen LogP contribution in [-0.2, 0) is 6.18 Å². The predicted molar refractivity (Wildman–Crippen MR) is 140 cm³/mol. The summed E-state index contributed by atoms with van der Waals surface area (Å²) in [7, 11) is 1.66. The van der Waals surface area contributed by atoms with Crippen molar-refractivity contribution in [3.05, 3.63) is 82.0 Å². The molecule has 9 heteroatoms. The Hall–Kier alpha value is -3.04. The quantitative estimate of drug-likeness (QED) is 0.425. The van der Waals surface area contributed by atoms with Gasteiger partial charge in [-0.15, -0.1) is 11.3 Å². The largest absolute Gasteiger partial charge is 0.497 e. The highest BCUT2D eigenvalue weighted by molar-refractivity contribution is 7.12. The van der Waals surface area contributed by atoms with E-state index in [-0.39, 0.29) is 17.7 Å². The van der Waals surface area contributed by atoms with Crippen molar-refractivity contribution >= 4 is 22.9 Å². The van der Waals surface area contributed by atoms with Gasteiger partial charge in [0.05, 0.1) is 17.6 Å². The van der Waals surface area contributed by atoms with Gasteiger partial charge in [-0.25, -0.2) is 0 Å². The summed E-state index contributed by atoms with van der Waals surface area (Å²) in [5, 5.41) is 1.87. The Morgan fingerprint density at radius 2 is 1.78 bits per heavy atom. The third-order valence-electron chi connectivity index (χ3n) is 7.39. The summed E-state index contributed by atoms with van der Waals surface area (Å²) in [5.41, 5.74) is 1.13. The van der Waals surface area contributed by atoms with Crippen molar-refractivity contribution < 1.29 is 22.7 Å². The van der Waals surface area contributed by atoms with Crippen LogP contribution in [0.3, 0.4) is 0 Å². The molecular weight excluding hydrogens is 499 g/mol. The zero-order valence-electron chi connectivity index (χ0n) is 20.7. The van der Waals surface area contributed by atoms with E-state index in [9.17, 15) is 18.0 Å². The van der Waals surface area contributed by atoms with Crippen molar-refractivity contribution in [2.45, 2.75) is 12.1 Å². The predicted octanol–water partition coefficient (Wildman–Crippen LogP) is 5.45. The first-order valence-corrected chi connectivity index (χ1v) is 13.3. The number of anilines is 1. The maximum absolute atomic E-state index is 13.5. The van der Waals surface area contributed by atoms with Gasteiger partial charge in [0.15, 0.2) is 0 Å². The number of carbonyl (C=O) groups excluding carboxylic acids is 1. The van der Waals surface area contributed by atoms with Crippen LogP contribution in [0.1, 0.15) is 26.7 Å². The number of carbonyl (C=O) groups is 1. The SMILES string of the molecule is COc1cccc(N2CCN(CC3CN(C(=O)c4cccs4)CC3c3cccc(C(F)(F)F)c3)CC2)c1. The summed E-state index contributed by atoms with van der Waals surface area (Å²) in [5.74, 6) is 0.682. The molecule has 1 amide bonds. The highest BCUT2D eigenvalue weighted by Gasteiger charge is 2.39. The van der Waals surface area contributed by atoms with Crippen molar-refractivity contribution in [1.29, 1.82) is 0 Å². The van der Waals surface area contributed by atoms with Gasteiger partial charge in [-0.1, -0.05) is 30.3 Å². The Bertz CT molecular complexity index is 1210. The van der Waals surface area contributed by atoms with Crippen LogP contribution in [0, 0.1) is 5.92 Å². The van der Waals surface area contributed by atoms with Gasteiger partial charge < -0.3 is 14.5 Å². The number of rotatable bonds is 6. The normalized spacial score (nSPS) is 20.9. The van der Waals surface area contributed by atoms with Crippen LogP contribution in [0.25, 0.3) is 0 Å². The van der Waals surface area contributed by atoms with Crippen molar-refractivity contribution in [2.24, 2.45) is 5.92 Å². The number of alkyl halides is 3. The number of thiophene rings is 1. The number of methoxy groups -OCH3 is 1. The maximum atomic E-state index is 13.5. The molecule has 0 bridgehead atoms. The second-order valence-electron chi connectivity index (χ2n) is 9.67. The average Bonchev–Trinajstić information content (AvgIpc) is 3.59. The molecule has 3 heterocycles. The lowest BCUT2D eigenvalue weighted by Crippen LogP contribution is -2.48. The summed E-state index contributed by atoms with van der Waals surface area (Å²) >= 11 is 1.39. The highest BCUT2D eigenvalue weighted by atomic mass is 32.1. The molecule has 37 heavy (non-hydrogen) atoms. The van der Waals surface area contributed by atoms with Crippen LogP contribution in [-0.4, -0.2) is 68.6 Å². The summed E-state index contributed by atoms with van der Waals surface area (Å²) in [6.07, 6.45) is -4.40. The van der Waals surface area contributed by atoms with Crippen molar-refractivity contribution in [3.8, 4) is 5.75 Å². The van der Waals surface area contributed by atoms with Gasteiger partial charge >= 0.3 is 6.18 Å². The molecule has 0 aliphatic carbocycles. The molecule has 196 valence electrons. The van der Waals surface area contributed by atoms with Crippen LogP contribution in [0.5, 0.6) is 5.75 Å². The molecule has 2 aliphatic rings. The molecule has 0 spiro atoms.